The van der Waals surface area contributed by atoms with E-state index < -0.39 is 32.2 Å². The van der Waals surface area contributed by atoms with E-state index in [4.69, 9.17) is 0 Å². The number of aromatic nitrogens is 1. The Labute approximate surface area is 130 Å². The van der Waals surface area contributed by atoms with E-state index in [1.54, 1.807) is 0 Å². The van der Waals surface area contributed by atoms with Crippen molar-refractivity contribution >= 4 is 15.7 Å². The lowest BCUT2D eigenvalue weighted by Gasteiger charge is -2.13. The van der Waals surface area contributed by atoms with Crippen molar-refractivity contribution in [1.82, 2.24) is 4.57 Å². The van der Waals surface area contributed by atoms with Gasteiger partial charge >= 0.3 is 6.18 Å². The number of nitrogens with one attached hydrogen (secondary N) is 1. The van der Waals surface area contributed by atoms with Gasteiger partial charge < -0.3 is 4.57 Å². The lowest BCUT2D eigenvalue weighted by molar-refractivity contribution is -0.137. The van der Waals surface area contributed by atoms with Gasteiger partial charge in [0.15, 0.2) is 0 Å². The number of sulfonamides is 1. The van der Waals surface area contributed by atoms with Gasteiger partial charge in [-0.3, -0.25) is 9.52 Å². The molecule has 0 bridgehead atoms. The lowest BCUT2D eigenvalue weighted by atomic mass is 10.1. The minimum absolute atomic E-state index is 0.137. The van der Waals surface area contributed by atoms with Crippen molar-refractivity contribution in [2.45, 2.75) is 18.0 Å². The molecular weight excluding hydrogens is 333 g/mol. The number of rotatable bonds is 3. The first-order chi connectivity index (χ1) is 10.5. The molecule has 5 nitrogen and oxygen atoms in total. The number of hydrogen-bond donors (Lipinski definition) is 1. The van der Waals surface area contributed by atoms with Crippen LogP contribution in [-0.2, 0) is 23.2 Å². The Balaban J connectivity index is 2.52. The number of anilines is 1. The molecule has 0 saturated heterocycles. The summed E-state index contributed by atoms with van der Waals surface area (Å²) < 4.78 is 66.2. The third-order valence-corrected chi connectivity index (χ3v) is 4.68. The number of alkyl halides is 3. The van der Waals surface area contributed by atoms with E-state index in [1.807, 2.05) is 4.72 Å². The van der Waals surface area contributed by atoms with Crippen LogP contribution in [-0.4, -0.2) is 13.0 Å². The highest BCUT2D eigenvalue weighted by Gasteiger charge is 2.32. The normalized spacial score (nSPS) is 12.2. The van der Waals surface area contributed by atoms with Crippen molar-refractivity contribution in [3.05, 3.63) is 58.0 Å². The molecule has 1 heterocycles. The maximum absolute atomic E-state index is 12.8. The maximum Gasteiger partial charge on any atom is 0.416 e. The monoisotopic (exact) mass is 346 g/mol. The molecule has 0 aliphatic rings. The predicted octanol–water partition coefficient (Wildman–Crippen LogP) is 2.51. The molecule has 0 radical (unpaired) electrons. The molecule has 23 heavy (non-hydrogen) atoms. The predicted molar refractivity (Wildman–Crippen MR) is 78.7 cm³/mol. The van der Waals surface area contributed by atoms with Crippen molar-refractivity contribution in [3.63, 3.8) is 0 Å². The minimum Gasteiger partial charge on any atom is -0.317 e. The quantitative estimate of drug-likeness (QED) is 0.929. The summed E-state index contributed by atoms with van der Waals surface area (Å²) >= 11 is 0. The van der Waals surface area contributed by atoms with E-state index >= 15 is 0 Å². The fraction of sp³-hybridized carbons (Fsp3) is 0.214. The molecule has 1 aromatic carbocycles. The fourth-order valence-corrected chi connectivity index (χ4v) is 3.27. The van der Waals surface area contributed by atoms with Crippen LogP contribution in [0.3, 0.4) is 0 Å². The highest BCUT2D eigenvalue weighted by molar-refractivity contribution is 7.92. The van der Waals surface area contributed by atoms with Gasteiger partial charge in [0, 0.05) is 13.2 Å². The number of benzene rings is 1. The summed E-state index contributed by atoms with van der Waals surface area (Å²) in [6.07, 6.45) is -3.24. The van der Waals surface area contributed by atoms with Gasteiger partial charge in [-0.15, -0.1) is 0 Å². The summed E-state index contributed by atoms with van der Waals surface area (Å²) in [6.45, 7) is 1.37. The van der Waals surface area contributed by atoms with E-state index in [1.165, 1.54) is 32.3 Å². The Hall–Kier alpha value is -2.29. The molecular formula is C14H13F3N2O3S. The van der Waals surface area contributed by atoms with Crippen LogP contribution in [0.2, 0.25) is 0 Å². The molecule has 1 aromatic heterocycles. The second kappa shape index (κ2) is 5.73. The summed E-state index contributed by atoms with van der Waals surface area (Å²) in [5.41, 5.74) is -1.80. The maximum atomic E-state index is 12.8. The fourth-order valence-electron chi connectivity index (χ4n) is 1.94. The topological polar surface area (TPSA) is 68.2 Å². The van der Waals surface area contributed by atoms with Crippen LogP contribution in [0.4, 0.5) is 18.9 Å². The molecule has 9 heteroatoms. The summed E-state index contributed by atoms with van der Waals surface area (Å²) in [7, 11) is -2.90. The Morgan fingerprint density at radius 1 is 1.17 bits per heavy atom. The molecule has 0 spiro atoms. The number of nitrogens with zero attached hydrogens (tertiary/aromatic N) is 1. The number of aryl methyl sites for hydroxylation is 2. The average molecular weight is 346 g/mol. The first kappa shape index (κ1) is 17.1. The van der Waals surface area contributed by atoms with Gasteiger partial charge in [0.1, 0.15) is 5.69 Å². The number of hydrogen-bond acceptors (Lipinski definition) is 3. The van der Waals surface area contributed by atoms with Crippen LogP contribution in [0.15, 0.2) is 46.2 Å². The van der Waals surface area contributed by atoms with E-state index in [9.17, 15) is 26.4 Å². The Morgan fingerprint density at radius 3 is 2.43 bits per heavy atom. The highest BCUT2D eigenvalue weighted by Crippen LogP contribution is 2.32. The van der Waals surface area contributed by atoms with Gasteiger partial charge in [0.25, 0.3) is 15.6 Å². The second-order valence-electron chi connectivity index (χ2n) is 4.92. The highest BCUT2D eigenvalue weighted by atomic mass is 32.2. The lowest BCUT2D eigenvalue weighted by Crippen LogP contribution is -2.24. The van der Waals surface area contributed by atoms with Crippen LogP contribution in [0.5, 0.6) is 0 Å². The average Bonchev–Trinajstić information content (AvgIpc) is 2.42. The zero-order valence-electron chi connectivity index (χ0n) is 12.2. The molecule has 1 N–H and O–H groups in total. The zero-order valence-corrected chi connectivity index (χ0v) is 13.0. The van der Waals surface area contributed by atoms with Crippen molar-refractivity contribution < 1.29 is 21.6 Å². The standard InChI is InChI=1S/C14H13F3N2O3S/c1-9-5-6-10(14(15,16)17)8-12(9)23(21,22)18-11-4-3-7-19(2)13(11)20/h3-8,18H,1-2H3. The van der Waals surface area contributed by atoms with Crippen molar-refractivity contribution in [2.24, 2.45) is 7.05 Å². The van der Waals surface area contributed by atoms with Crippen LogP contribution >= 0.6 is 0 Å². The molecule has 0 amide bonds. The molecule has 0 aliphatic carbocycles. The number of halogens is 3. The summed E-state index contributed by atoms with van der Waals surface area (Å²) in [4.78, 5) is 11.3. The van der Waals surface area contributed by atoms with E-state index in [2.05, 4.69) is 0 Å². The van der Waals surface area contributed by atoms with Crippen LogP contribution in [0.1, 0.15) is 11.1 Å². The molecule has 2 rings (SSSR count). The Morgan fingerprint density at radius 2 is 1.83 bits per heavy atom. The van der Waals surface area contributed by atoms with Gasteiger partial charge in [0.05, 0.1) is 10.5 Å². The van der Waals surface area contributed by atoms with E-state index in [0.29, 0.717) is 6.07 Å². The smallest absolute Gasteiger partial charge is 0.317 e. The summed E-state index contributed by atoms with van der Waals surface area (Å²) in [5.74, 6) is 0. The molecule has 0 fully saturated rings. The molecule has 2 aromatic rings. The minimum atomic E-state index is -4.67. The van der Waals surface area contributed by atoms with Crippen molar-refractivity contribution in [2.75, 3.05) is 4.72 Å². The largest absolute Gasteiger partial charge is 0.416 e. The SMILES string of the molecule is Cc1ccc(C(F)(F)F)cc1S(=O)(=O)Nc1cccn(C)c1=O. The molecule has 0 unspecified atom stereocenters. The summed E-state index contributed by atoms with van der Waals surface area (Å²) in [6, 6.07) is 5.10. The second-order valence-corrected chi connectivity index (χ2v) is 6.57. The van der Waals surface area contributed by atoms with Gasteiger partial charge in [0.2, 0.25) is 0 Å². The van der Waals surface area contributed by atoms with Gasteiger partial charge in [-0.2, -0.15) is 13.2 Å². The van der Waals surface area contributed by atoms with Gasteiger partial charge in [-0.25, -0.2) is 8.42 Å². The van der Waals surface area contributed by atoms with Gasteiger partial charge in [-0.05, 0) is 36.8 Å². The Bertz CT molecular complexity index is 902. The number of pyridine rings is 1. The molecule has 0 aliphatic heterocycles. The van der Waals surface area contributed by atoms with Gasteiger partial charge in [-0.1, -0.05) is 6.07 Å². The third kappa shape index (κ3) is 3.55. The first-order valence-corrected chi connectivity index (χ1v) is 7.87. The Kier molecular flexibility index (Phi) is 4.25. The van der Waals surface area contributed by atoms with E-state index in [-0.39, 0.29) is 11.3 Å². The van der Waals surface area contributed by atoms with Crippen LogP contribution in [0, 0.1) is 6.92 Å². The third-order valence-electron chi connectivity index (χ3n) is 3.17. The molecule has 0 atom stereocenters. The molecule has 124 valence electrons. The zero-order chi connectivity index (χ0) is 17.4. The summed E-state index contributed by atoms with van der Waals surface area (Å²) in [5, 5.41) is 0. The first-order valence-electron chi connectivity index (χ1n) is 6.39. The van der Waals surface area contributed by atoms with E-state index in [0.717, 1.165) is 16.7 Å². The molecule has 0 saturated carbocycles. The van der Waals surface area contributed by atoms with Crippen molar-refractivity contribution in [1.29, 1.82) is 0 Å². The van der Waals surface area contributed by atoms with Crippen LogP contribution < -0.4 is 10.3 Å². The van der Waals surface area contributed by atoms with Crippen molar-refractivity contribution in [3.8, 4) is 0 Å². The van der Waals surface area contributed by atoms with Crippen LogP contribution in [0.25, 0.3) is 0 Å².